The van der Waals surface area contributed by atoms with Gasteiger partial charge in [-0.15, -0.1) is 0 Å². The van der Waals surface area contributed by atoms with Crippen LogP contribution < -0.4 is 0 Å². The number of benzene rings is 7. The molecule has 0 atom stereocenters. The van der Waals surface area contributed by atoms with E-state index in [1.807, 2.05) is 42.5 Å². The summed E-state index contributed by atoms with van der Waals surface area (Å²) in [6.07, 6.45) is 0. The van der Waals surface area contributed by atoms with Crippen LogP contribution in [0.25, 0.3) is 82.1 Å². The van der Waals surface area contributed by atoms with Crippen molar-refractivity contribution in [1.29, 1.82) is 5.26 Å². The van der Waals surface area contributed by atoms with Crippen molar-refractivity contribution in [3.63, 3.8) is 0 Å². The van der Waals surface area contributed by atoms with E-state index in [4.69, 9.17) is 6.57 Å². The van der Waals surface area contributed by atoms with E-state index in [1.165, 1.54) is 21.8 Å². The van der Waals surface area contributed by atoms with Crippen LogP contribution in [0.4, 0.5) is 5.69 Å². The van der Waals surface area contributed by atoms with Gasteiger partial charge in [0.15, 0.2) is 5.69 Å². The van der Waals surface area contributed by atoms with Crippen LogP contribution in [0.15, 0.2) is 158 Å². The number of rotatable bonds is 4. The zero-order chi connectivity index (χ0) is 32.2. The average Bonchev–Trinajstić information content (AvgIpc) is 3.67. The van der Waals surface area contributed by atoms with Crippen molar-refractivity contribution >= 4 is 49.3 Å². The third-order valence-corrected chi connectivity index (χ3v) is 9.37. The highest BCUT2D eigenvalue weighted by molar-refractivity contribution is 6.11. The first-order valence-corrected chi connectivity index (χ1v) is 15.9. The quantitative estimate of drug-likeness (QED) is 0.183. The van der Waals surface area contributed by atoms with Gasteiger partial charge in [-0.05, 0) is 77.4 Å². The number of fused-ring (bicyclic) bond motifs is 6. The minimum atomic E-state index is 0.596. The molecule has 9 aromatic rings. The number of hydrogen-bond acceptors (Lipinski definition) is 1. The molecule has 0 aliphatic carbocycles. The zero-order valence-electron chi connectivity index (χ0n) is 25.8. The van der Waals surface area contributed by atoms with Crippen molar-refractivity contribution in [3.8, 4) is 39.7 Å². The van der Waals surface area contributed by atoms with E-state index in [0.29, 0.717) is 11.3 Å². The van der Waals surface area contributed by atoms with Gasteiger partial charge in [0.1, 0.15) is 0 Å². The van der Waals surface area contributed by atoms with Crippen LogP contribution in [0, 0.1) is 17.9 Å². The van der Waals surface area contributed by atoms with Gasteiger partial charge in [0.2, 0.25) is 0 Å². The monoisotopic (exact) mass is 610 g/mol. The van der Waals surface area contributed by atoms with Gasteiger partial charge in [-0.3, -0.25) is 0 Å². The van der Waals surface area contributed by atoms with Crippen molar-refractivity contribution in [2.24, 2.45) is 0 Å². The van der Waals surface area contributed by atoms with Crippen molar-refractivity contribution in [2.45, 2.75) is 0 Å². The summed E-state index contributed by atoms with van der Waals surface area (Å²) in [6, 6.07) is 56.7. The van der Waals surface area contributed by atoms with Gasteiger partial charge >= 0.3 is 0 Å². The molecule has 0 N–H and O–H groups in total. The predicted molar refractivity (Wildman–Crippen MR) is 197 cm³/mol. The normalized spacial score (nSPS) is 11.3. The fraction of sp³-hybridized carbons (Fsp3) is 0. The minimum Gasteiger partial charge on any atom is -0.309 e. The van der Waals surface area contributed by atoms with Crippen LogP contribution in [0.2, 0.25) is 0 Å². The van der Waals surface area contributed by atoms with Gasteiger partial charge in [-0.25, -0.2) is 4.85 Å². The summed E-state index contributed by atoms with van der Waals surface area (Å²) in [4.78, 5) is 3.95. The zero-order valence-corrected chi connectivity index (χ0v) is 25.8. The predicted octanol–water partition coefficient (Wildman–Crippen LogP) is 11.6. The van der Waals surface area contributed by atoms with E-state index in [2.05, 4.69) is 135 Å². The molecule has 0 fully saturated rings. The van der Waals surface area contributed by atoms with Crippen LogP contribution in [-0.2, 0) is 0 Å². The molecule has 9 rings (SSSR count). The molecule has 0 saturated heterocycles. The Kier molecular flexibility index (Phi) is 6.22. The Bertz CT molecular complexity index is 2760. The van der Waals surface area contributed by atoms with Crippen molar-refractivity contribution in [3.05, 3.63) is 175 Å². The molecule has 0 spiro atoms. The van der Waals surface area contributed by atoms with Gasteiger partial charge in [0.25, 0.3) is 0 Å². The van der Waals surface area contributed by atoms with Crippen LogP contribution >= 0.6 is 0 Å². The maximum Gasteiger partial charge on any atom is 0.195 e. The Labute approximate surface area is 277 Å². The van der Waals surface area contributed by atoms with Gasteiger partial charge < -0.3 is 9.13 Å². The molecule has 4 heteroatoms. The molecule has 0 saturated carbocycles. The lowest BCUT2D eigenvalue weighted by molar-refractivity contribution is 1.18. The molecule has 0 unspecified atom stereocenters. The van der Waals surface area contributed by atoms with E-state index in [-0.39, 0.29) is 0 Å². The number of nitriles is 1. The molecule has 2 heterocycles. The third-order valence-electron chi connectivity index (χ3n) is 9.37. The number of aromatic nitrogens is 2. The maximum absolute atomic E-state index is 9.60. The molecule has 0 bridgehead atoms. The molecule has 4 nitrogen and oxygen atoms in total. The van der Waals surface area contributed by atoms with E-state index in [1.54, 1.807) is 0 Å². The number of hydrogen-bond donors (Lipinski definition) is 0. The molecule has 0 radical (unpaired) electrons. The molecule has 0 aliphatic heterocycles. The van der Waals surface area contributed by atoms with Gasteiger partial charge in [0.05, 0.1) is 46.0 Å². The third kappa shape index (κ3) is 4.14. The SMILES string of the molecule is [C-]#[N+]c1ccc(-n2c3ccccc3c3cc(C#N)ccc32)cc1-c1cccc(-c2ccccc2-n2c3ccccc3c3ccccc32)c1. The lowest BCUT2D eigenvalue weighted by Gasteiger charge is -2.16. The summed E-state index contributed by atoms with van der Waals surface area (Å²) in [5.41, 5.74) is 11.7. The Balaban J connectivity index is 1.23. The van der Waals surface area contributed by atoms with E-state index in [0.717, 1.165) is 55.4 Å². The standard InChI is InChI=1S/C44H26N4/c1-46-39-23-22-32(47-41-18-7-5-16-36(41)38-25-29(28-45)21-24-44(38)47)27-37(39)31-12-10-11-30(26-31)33-13-2-6-17-40(33)48-42-19-8-3-14-34(42)35-15-4-9-20-43(35)48/h2-27H. The minimum absolute atomic E-state index is 0.596. The van der Waals surface area contributed by atoms with Crippen LogP contribution in [0.5, 0.6) is 0 Å². The molecule has 2 aromatic heterocycles. The van der Waals surface area contributed by atoms with Crippen molar-refractivity contribution in [2.75, 3.05) is 0 Å². The Morgan fingerprint density at radius 1 is 0.479 bits per heavy atom. The second-order valence-corrected chi connectivity index (χ2v) is 12.0. The van der Waals surface area contributed by atoms with E-state index < -0.39 is 0 Å². The fourth-order valence-corrected chi connectivity index (χ4v) is 7.26. The Morgan fingerprint density at radius 2 is 1.06 bits per heavy atom. The highest BCUT2D eigenvalue weighted by atomic mass is 15.0. The first kappa shape index (κ1) is 27.4. The highest BCUT2D eigenvalue weighted by Crippen LogP contribution is 2.40. The summed E-state index contributed by atoms with van der Waals surface area (Å²) in [7, 11) is 0. The number of para-hydroxylation sites is 4. The first-order chi connectivity index (χ1) is 23.7. The summed E-state index contributed by atoms with van der Waals surface area (Å²) in [5.74, 6) is 0. The second-order valence-electron chi connectivity index (χ2n) is 12.0. The second kappa shape index (κ2) is 10.9. The fourth-order valence-electron chi connectivity index (χ4n) is 7.26. The summed E-state index contributed by atoms with van der Waals surface area (Å²) in [5, 5.41) is 14.2. The smallest absolute Gasteiger partial charge is 0.195 e. The van der Waals surface area contributed by atoms with Gasteiger partial charge in [-0.1, -0.05) is 97.1 Å². The van der Waals surface area contributed by atoms with Gasteiger partial charge in [0, 0.05) is 32.8 Å². The average molecular weight is 611 g/mol. The molecule has 7 aromatic carbocycles. The van der Waals surface area contributed by atoms with E-state index in [9.17, 15) is 5.26 Å². The maximum atomic E-state index is 9.60. The molecular formula is C44H26N4. The Hall–Kier alpha value is -6.88. The summed E-state index contributed by atoms with van der Waals surface area (Å²) in [6.45, 7) is 8.07. The number of nitrogens with zero attached hydrogens (tertiary/aromatic N) is 4. The largest absolute Gasteiger partial charge is 0.309 e. The van der Waals surface area contributed by atoms with Crippen LogP contribution in [-0.4, -0.2) is 9.13 Å². The summed E-state index contributed by atoms with van der Waals surface area (Å²) >= 11 is 0. The molecular weight excluding hydrogens is 585 g/mol. The molecule has 222 valence electrons. The van der Waals surface area contributed by atoms with Crippen LogP contribution in [0.3, 0.4) is 0 Å². The highest BCUT2D eigenvalue weighted by Gasteiger charge is 2.17. The lowest BCUT2D eigenvalue weighted by Crippen LogP contribution is -1.97. The first-order valence-electron chi connectivity index (χ1n) is 15.9. The van der Waals surface area contributed by atoms with Gasteiger partial charge in [-0.2, -0.15) is 5.26 Å². The lowest BCUT2D eigenvalue weighted by atomic mass is 9.96. The topological polar surface area (TPSA) is 38.0 Å². The van der Waals surface area contributed by atoms with Crippen molar-refractivity contribution < 1.29 is 0 Å². The van der Waals surface area contributed by atoms with Crippen molar-refractivity contribution in [1.82, 2.24) is 9.13 Å². The molecule has 0 amide bonds. The summed E-state index contributed by atoms with van der Waals surface area (Å²) < 4.78 is 4.59. The molecule has 48 heavy (non-hydrogen) atoms. The molecule has 0 aliphatic rings. The van der Waals surface area contributed by atoms with E-state index >= 15 is 0 Å². The Morgan fingerprint density at radius 3 is 1.75 bits per heavy atom. The van der Waals surface area contributed by atoms with Crippen LogP contribution in [0.1, 0.15) is 5.56 Å².